The lowest BCUT2D eigenvalue weighted by Crippen LogP contribution is -2.33. The molecule has 120 valence electrons. The van der Waals surface area contributed by atoms with Crippen LogP contribution in [0.3, 0.4) is 0 Å². The zero-order chi connectivity index (χ0) is 17.1. The Hall–Kier alpha value is -3.40. The van der Waals surface area contributed by atoms with Crippen molar-refractivity contribution in [2.75, 3.05) is 18.1 Å². The number of non-ortho nitro benzene ring substituents is 1. The van der Waals surface area contributed by atoms with Crippen LogP contribution in [0.25, 0.3) is 0 Å². The van der Waals surface area contributed by atoms with Gasteiger partial charge in [0, 0.05) is 18.7 Å². The highest BCUT2D eigenvalue weighted by Gasteiger charge is 2.26. The van der Waals surface area contributed by atoms with Crippen LogP contribution in [0.2, 0.25) is 0 Å². The highest BCUT2D eigenvalue weighted by atomic mass is 16.6. The lowest BCUT2D eigenvalue weighted by atomic mass is 10.1. The normalized spacial score (nSPS) is 12.4. The molecule has 0 saturated heterocycles. The first kappa shape index (κ1) is 15.5. The summed E-state index contributed by atoms with van der Waals surface area (Å²) in [5.41, 5.74) is 1.95. The van der Waals surface area contributed by atoms with Crippen molar-refractivity contribution >= 4 is 17.3 Å². The summed E-state index contributed by atoms with van der Waals surface area (Å²) in [6, 6.07) is 13.0. The highest BCUT2D eigenvalue weighted by Crippen LogP contribution is 2.31. The van der Waals surface area contributed by atoms with E-state index in [1.165, 1.54) is 17.0 Å². The Morgan fingerprint density at radius 1 is 1.29 bits per heavy atom. The number of nitro benzene ring substituents is 1. The summed E-state index contributed by atoms with van der Waals surface area (Å²) in [6.07, 6.45) is 0.663. The molecule has 1 amide bonds. The lowest BCUT2D eigenvalue weighted by Gasteiger charge is -2.17. The number of fused-ring (bicyclic) bond motifs is 1. The van der Waals surface area contributed by atoms with Crippen LogP contribution in [0.5, 0.6) is 5.75 Å². The molecule has 3 rings (SSSR count). The lowest BCUT2D eigenvalue weighted by molar-refractivity contribution is -0.384. The maximum absolute atomic E-state index is 12.4. The minimum atomic E-state index is -0.478. The van der Waals surface area contributed by atoms with Gasteiger partial charge in [-0.25, -0.2) is 0 Å². The van der Waals surface area contributed by atoms with Crippen LogP contribution in [0.4, 0.5) is 11.4 Å². The molecular formula is C17H13N3O4. The third kappa shape index (κ3) is 3.03. The summed E-state index contributed by atoms with van der Waals surface area (Å²) in [5, 5.41) is 19.6. The molecular weight excluding hydrogens is 310 g/mol. The number of benzene rings is 2. The largest absolute Gasteiger partial charge is 0.484 e. The number of nitro groups is 1. The van der Waals surface area contributed by atoms with E-state index in [0.29, 0.717) is 30.0 Å². The van der Waals surface area contributed by atoms with Crippen LogP contribution >= 0.6 is 0 Å². The quantitative estimate of drug-likeness (QED) is 0.636. The minimum absolute atomic E-state index is 0.0403. The number of ether oxygens (including phenoxy) is 1. The van der Waals surface area contributed by atoms with Crippen molar-refractivity contribution < 1.29 is 14.5 Å². The number of carbonyl (C=O) groups excluding carboxylic acids is 1. The van der Waals surface area contributed by atoms with Gasteiger partial charge in [-0.1, -0.05) is 6.07 Å². The van der Waals surface area contributed by atoms with E-state index in [1.54, 1.807) is 30.3 Å². The van der Waals surface area contributed by atoms with Gasteiger partial charge in [0.15, 0.2) is 6.61 Å². The maximum Gasteiger partial charge on any atom is 0.271 e. The van der Waals surface area contributed by atoms with Gasteiger partial charge < -0.3 is 9.64 Å². The van der Waals surface area contributed by atoms with Crippen molar-refractivity contribution in [3.63, 3.8) is 0 Å². The molecule has 7 nitrogen and oxygen atoms in total. The summed E-state index contributed by atoms with van der Waals surface area (Å²) >= 11 is 0. The fourth-order valence-corrected chi connectivity index (χ4v) is 2.59. The Kier molecular flexibility index (Phi) is 4.12. The smallest absolute Gasteiger partial charge is 0.271 e. The van der Waals surface area contributed by atoms with Gasteiger partial charge in [-0.2, -0.15) is 5.26 Å². The van der Waals surface area contributed by atoms with Crippen molar-refractivity contribution in [1.82, 2.24) is 0 Å². The Balaban J connectivity index is 1.70. The molecule has 1 aliphatic rings. The summed E-state index contributed by atoms with van der Waals surface area (Å²) in [5.74, 6) is 0.222. The second-order valence-corrected chi connectivity index (χ2v) is 5.29. The molecule has 2 aromatic rings. The van der Waals surface area contributed by atoms with Crippen LogP contribution < -0.4 is 9.64 Å². The Labute approximate surface area is 137 Å². The van der Waals surface area contributed by atoms with E-state index >= 15 is 0 Å². The maximum atomic E-state index is 12.4. The number of carbonyl (C=O) groups is 1. The van der Waals surface area contributed by atoms with E-state index < -0.39 is 4.92 Å². The van der Waals surface area contributed by atoms with Gasteiger partial charge in [0.2, 0.25) is 0 Å². The van der Waals surface area contributed by atoms with E-state index in [1.807, 2.05) is 6.07 Å². The molecule has 2 aromatic carbocycles. The fourth-order valence-electron chi connectivity index (χ4n) is 2.59. The predicted molar refractivity (Wildman–Crippen MR) is 85.8 cm³/mol. The Morgan fingerprint density at radius 2 is 2.04 bits per heavy atom. The molecule has 0 N–H and O–H groups in total. The first-order chi connectivity index (χ1) is 11.6. The minimum Gasteiger partial charge on any atom is -0.484 e. The molecule has 0 bridgehead atoms. The Bertz CT molecular complexity index is 840. The first-order valence-electron chi connectivity index (χ1n) is 7.29. The van der Waals surface area contributed by atoms with Crippen LogP contribution in [0.1, 0.15) is 11.1 Å². The molecule has 0 aliphatic carbocycles. The van der Waals surface area contributed by atoms with Crippen molar-refractivity contribution in [3.8, 4) is 11.8 Å². The number of amides is 1. The topological polar surface area (TPSA) is 96.5 Å². The van der Waals surface area contributed by atoms with Gasteiger partial charge in [-0.15, -0.1) is 0 Å². The summed E-state index contributed by atoms with van der Waals surface area (Å²) < 4.78 is 5.44. The van der Waals surface area contributed by atoms with Crippen LogP contribution in [0.15, 0.2) is 42.5 Å². The van der Waals surface area contributed by atoms with Crippen LogP contribution in [0, 0.1) is 21.4 Å². The number of hydrogen-bond donors (Lipinski definition) is 0. The third-order valence-corrected chi connectivity index (χ3v) is 3.82. The second kappa shape index (κ2) is 6.38. The summed E-state index contributed by atoms with van der Waals surface area (Å²) in [6.45, 7) is 0.306. The molecule has 1 heterocycles. The molecule has 7 heteroatoms. The van der Waals surface area contributed by atoms with Crippen molar-refractivity contribution in [3.05, 3.63) is 63.7 Å². The van der Waals surface area contributed by atoms with E-state index in [-0.39, 0.29) is 18.2 Å². The van der Waals surface area contributed by atoms with E-state index in [4.69, 9.17) is 10.00 Å². The summed E-state index contributed by atoms with van der Waals surface area (Å²) in [7, 11) is 0. The fraction of sp³-hybridized carbons (Fsp3) is 0.176. The van der Waals surface area contributed by atoms with Gasteiger partial charge >= 0.3 is 0 Å². The van der Waals surface area contributed by atoms with E-state index in [9.17, 15) is 14.9 Å². The van der Waals surface area contributed by atoms with Crippen molar-refractivity contribution in [2.45, 2.75) is 6.42 Å². The molecule has 24 heavy (non-hydrogen) atoms. The van der Waals surface area contributed by atoms with E-state index in [0.717, 1.165) is 5.56 Å². The average Bonchev–Trinajstić information content (AvgIpc) is 3.03. The SMILES string of the molecule is N#Cc1ccc(OCC(=O)N2CCc3ccc([N+](=O)[O-])cc32)cc1. The first-order valence-corrected chi connectivity index (χ1v) is 7.29. The van der Waals surface area contributed by atoms with Gasteiger partial charge in [-0.05, 0) is 36.2 Å². The Morgan fingerprint density at radius 3 is 2.71 bits per heavy atom. The molecule has 0 atom stereocenters. The van der Waals surface area contributed by atoms with Crippen LogP contribution in [-0.2, 0) is 11.2 Å². The zero-order valence-electron chi connectivity index (χ0n) is 12.6. The van der Waals surface area contributed by atoms with Gasteiger partial charge in [0.25, 0.3) is 11.6 Å². The third-order valence-electron chi connectivity index (χ3n) is 3.82. The zero-order valence-corrected chi connectivity index (χ0v) is 12.6. The van der Waals surface area contributed by atoms with Gasteiger partial charge in [0.1, 0.15) is 5.75 Å². The molecule has 0 aromatic heterocycles. The van der Waals surface area contributed by atoms with Crippen molar-refractivity contribution in [2.24, 2.45) is 0 Å². The summed E-state index contributed by atoms with van der Waals surface area (Å²) in [4.78, 5) is 24.3. The number of nitriles is 1. The number of nitrogens with zero attached hydrogens (tertiary/aromatic N) is 3. The van der Waals surface area contributed by atoms with Crippen LogP contribution in [-0.4, -0.2) is 24.0 Å². The number of rotatable bonds is 4. The van der Waals surface area contributed by atoms with Crippen molar-refractivity contribution in [1.29, 1.82) is 5.26 Å². The monoisotopic (exact) mass is 323 g/mol. The number of anilines is 1. The molecule has 0 radical (unpaired) electrons. The van der Waals surface area contributed by atoms with Gasteiger partial charge in [-0.3, -0.25) is 14.9 Å². The standard InChI is InChI=1S/C17H13N3O4/c18-10-12-1-5-15(6-2-12)24-11-17(21)19-8-7-13-3-4-14(20(22)23)9-16(13)19/h1-6,9H,7-8,11H2. The molecule has 0 saturated carbocycles. The molecule has 0 unspecified atom stereocenters. The number of hydrogen-bond acceptors (Lipinski definition) is 5. The van der Waals surface area contributed by atoms with Gasteiger partial charge in [0.05, 0.1) is 22.2 Å². The average molecular weight is 323 g/mol. The molecule has 0 fully saturated rings. The molecule has 0 spiro atoms. The predicted octanol–water partition coefficient (Wildman–Crippen LogP) is 2.43. The highest BCUT2D eigenvalue weighted by molar-refractivity contribution is 5.96. The second-order valence-electron chi connectivity index (χ2n) is 5.29. The van der Waals surface area contributed by atoms with E-state index in [2.05, 4.69) is 0 Å². The molecule has 1 aliphatic heterocycles.